The number of amides is 1. The fourth-order valence-electron chi connectivity index (χ4n) is 2.92. The average Bonchev–Trinajstić information content (AvgIpc) is 2.76. The Hall–Kier alpha value is -2.68. The predicted molar refractivity (Wildman–Crippen MR) is 132 cm³/mol. The summed E-state index contributed by atoms with van der Waals surface area (Å²) in [7, 11) is -4.03. The number of benzene rings is 3. The smallest absolute Gasteiger partial charge is 0.264 e. The van der Waals surface area contributed by atoms with E-state index >= 15 is 0 Å². The van der Waals surface area contributed by atoms with Crippen LogP contribution in [0.2, 0.25) is 5.02 Å². The first-order chi connectivity index (χ1) is 15.2. The second-order valence-corrected chi connectivity index (χ2v) is 10.1. The fraction of sp³-hybridized carbons (Fsp3) is 0.130. The molecule has 0 spiro atoms. The third kappa shape index (κ3) is 5.56. The Morgan fingerprint density at radius 3 is 2.44 bits per heavy atom. The molecule has 0 aliphatic carbocycles. The van der Waals surface area contributed by atoms with Crippen LogP contribution in [0.4, 0.5) is 5.69 Å². The topological polar surface area (TPSA) is 78.8 Å². The van der Waals surface area contributed by atoms with E-state index in [0.717, 1.165) is 19.9 Å². The number of anilines is 1. The molecule has 0 bridgehead atoms. The molecule has 0 aliphatic rings. The quantitative estimate of drug-likeness (QED) is 0.340. The van der Waals surface area contributed by atoms with Crippen LogP contribution in [-0.4, -0.2) is 27.1 Å². The summed E-state index contributed by atoms with van der Waals surface area (Å²) in [5.74, 6) is -0.594. The van der Waals surface area contributed by atoms with E-state index < -0.39 is 22.5 Å². The molecule has 3 aromatic carbocycles. The van der Waals surface area contributed by atoms with Crippen molar-refractivity contribution in [1.29, 1.82) is 0 Å². The number of halogens is 2. The maximum atomic E-state index is 13.4. The Balaban J connectivity index is 1.91. The Bertz CT molecular complexity index is 1260. The molecule has 0 saturated heterocycles. The Kier molecular flexibility index (Phi) is 7.71. The molecule has 6 nitrogen and oxygen atoms in total. The first-order valence-corrected chi connectivity index (χ1v) is 12.2. The van der Waals surface area contributed by atoms with Gasteiger partial charge in [-0.25, -0.2) is 13.8 Å². The third-order valence-corrected chi connectivity index (χ3v) is 7.61. The molecule has 1 amide bonds. The molecule has 0 aromatic heterocycles. The number of rotatable bonds is 7. The van der Waals surface area contributed by atoms with Crippen molar-refractivity contribution in [1.82, 2.24) is 5.43 Å². The Labute approximate surface area is 201 Å². The normalized spacial score (nSPS) is 11.5. The lowest BCUT2D eigenvalue weighted by Gasteiger charge is -2.25. The molecule has 3 aromatic rings. The lowest BCUT2D eigenvalue weighted by atomic mass is 10.2. The van der Waals surface area contributed by atoms with Gasteiger partial charge in [-0.1, -0.05) is 69.5 Å². The predicted octanol–water partition coefficient (Wildman–Crippen LogP) is 5.06. The van der Waals surface area contributed by atoms with E-state index in [1.807, 2.05) is 31.2 Å². The molecule has 0 saturated carbocycles. The van der Waals surface area contributed by atoms with Gasteiger partial charge in [-0.2, -0.15) is 5.10 Å². The highest BCUT2D eigenvalue weighted by Gasteiger charge is 2.28. The van der Waals surface area contributed by atoms with Gasteiger partial charge in [0.2, 0.25) is 0 Å². The van der Waals surface area contributed by atoms with Crippen LogP contribution in [0.25, 0.3) is 0 Å². The van der Waals surface area contributed by atoms with E-state index in [-0.39, 0.29) is 4.90 Å². The van der Waals surface area contributed by atoms with Crippen molar-refractivity contribution in [3.05, 3.63) is 92.9 Å². The number of sulfonamides is 1. The Morgan fingerprint density at radius 1 is 1.06 bits per heavy atom. The van der Waals surface area contributed by atoms with Crippen molar-refractivity contribution in [3.8, 4) is 0 Å². The van der Waals surface area contributed by atoms with Crippen LogP contribution in [0.3, 0.4) is 0 Å². The van der Waals surface area contributed by atoms with E-state index in [0.29, 0.717) is 16.3 Å². The molecular formula is C23H21BrClN3O3S. The van der Waals surface area contributed by atoms with Crippen molar-refractivity contribution in [3.63, 3.8) is 0 Å². The molecule has 0 radical (unpaired) electrons. The van der Waals surface area contributed by atoms with Gasteiger partial charge in [-0.15, -0.1) is 0 Å². The van der Waals surface area contributed by atoms with Crippen molar-refractivity contribution in [2.75, 3.05) is 10.8 Å². The first kappa shape index (κ1) is 24.0. The van der Waals surface area contributed by atoms with Crippen LogP contribution in [0, 0.1) is 13.8 Å². The number of hydrogen-bond acceptors (Lipinski definition) is 4. The minimum absolute atomic E-state index is 0.0759. The number of nitrogens with zero attached hydrogens (tertiary/aromatic N) is 2. The van der Waals surface area contributed by atoms with Crippen molar-refractivity contribution in [2.24, 2.45) is 5.10 Å². The number of hydrogen-bond donors (Lipinski definition) is 1. The highest BCUT2D eigenvalue weighted by atomic mass is 79.9. The van der Waals surface area contributed by atoms with Gasteiger partial charge in [0, 0.05) is 15.1 Å². The number of hydrazone groups is 1. The summed E-state index contributed by atoms with van der Waals surface area (Å²) >= 11 is 9.63. The maximum Gasteiger partial charge on any atom is 0.264 e. The fourth-order valence-corrected chi connectivity index (χ4v) is 4.96. The van der Waals surface area contributed by atoms with Crippen LogP contribution < -0.4 is 9.73 Å². The Morgan fingerprint density at radius 2 is 1.75 bits per heavy atom. The lowest BCUT2D eigenvalue weighted by molar-refractivity contribution is -0.119. The van der Waals surface area contributed by atoms with Gasteiger partial charge in [-0.3, -0.25) is 9.10 Å². The van der Waals surface area contributed by atoms with E-state index in [9.17, 15) is 13.2 Å². The number of carbonyl (C=O) groups is 1. The third-order valence-electron chi connectivity index (χ3n) is 4.70. The van der Waals surface area contributed by atoms with Crippen LogP contribution in [-0.2, 0) is 14.8 Å². The van der Waals surface area contributed by atoms with E-state index in [4.69, 9.17) is 11.6 Å². The summed E-state index contributed by atoms with van der Waals surface area (Å²) in [4.78, 5) is 12.7. The summed E-state index contributed by atoms with van der Waals surface area (Å²) in [6.45, 7) is 3.11. The molecule has 9 heteroatoms. The van der Waals surface area contributed by atoms with Gasteiger partial charge < -0.3 is 0 Å². The molecule has 0 unspecified atom stereocenters. The van der Waals surface area contributed by atoms with Crippen molar-refractivity contribution < 1.29 is 13.2 Å². The summed E-state index contributed by atoms with van der Waals surface area (Å²) in [5, 5.41) is 4.36. The minimum atomic E-state index is -4.03. The van der Waals surface area contributed by atoms with Gasteiger partial charge in [0.1, 0.15) is 6.54 Å². The first-order valence-electron chi connectivity index (χ1n) is 9.61. The molecule has 0 fully saturated rings. The van der Waals surface area contributed by atoms with Crippen LogP contribution in [0.1, 0.15) is 16.7 Å². The molecule has 0 heterocycles. The maximum absolute atomic E-state index is 13.4. The van der Waals surface area contributed by atoms with E-state index in [1.165, 1.54) is 18.3 Å². The zero-order chi connectivity index (χ0) is 23.3. The monoisotopic (exact) mass is 533 g/mol. The van der Waals surface area contributed by atoms with Gasteiger partial charge in [0.05, 0.1) is 16.8 Å². The van der Waals surface area contributed by atoms with Gasteiger partial charge >= 0.3 is 0 Å². The van der Waals surface area contributed by atoms with Gasteiger partial charge in [0.15, 0.2) is 0 Å². The summed E-state index contributed by atoms with van der Waals surface area (Å²) < 4.78 is 28.7. The molecule has 3 rings (SSSR count). The molecule has 32 heavy (non-hydrogen) atoms. The second-order valence-electron chi connectivity index (χ2n) is 7.02. The molecule has 0 aliphatic heterocycles. The molecule has 0 atom stereocenters. The molecule has 1 N–H and O–H groups in total. The summed E-state index contributed by atoms with van der Waals surface area (Å²) in [6, 6.07) is 18.7. The van der Waals surface area contributed by atoms with E-state index in [2.05, 4.69) is 26.5 Å². The largest absolute Gasteiger partial charge is 0.271 e. The second kappa shape index (κ2) is 10.3. The molecular weight excluding hydrogens is 514 g/mol. The zero-order valence-electron chi connectivity index (χ0n) is 17.4. The summed E-state index contributed by atoms with van der Waals surface area (Å²) in [6.07, 6.45) is 1.48. The number of nitrogens with one attached hydrogen (secondary N) is 1. The highest BCUT2D eigenvalue weighted by molar-refractivity contribution is 9.10. The van der Waals surface area contributed by atoms with Crippen LogP contribution in [0.15, 0.2) is 81.2 Å². The number of carbonyl (C=O) groups excluding carboxylic acids is 1. The van der Waals surface area contributed by atoms with Crippen LogP contribution in [0.5, 0.6) is 0 Å². The highest BCUT2D eigenvalue weighted by Crippen LogP contribution is 2.30. The van der Waals surface area contributed by atoms with E-state index in [1.54, 1.807) is 37.3 Å². The van der Waals surface area contributed by atoms with Crippen LogP contribution >= 0.6 is 27.5 Å². The van der Waals surface area contributed by atoms with Gasteiger partial charge in [0.25, 0.3) is 15.9 Å². The zero-order valence-corrected chi connectivity index (χ0v) is 20.6. The van der Waals surface area contributed by atoms with Crippen molar-refractivity contribution in [2.45, 2.75) is 18.7 Å². The minimum Gasteiger partial charge on any atom is -0.271 e. The SMILES string of the molecule is Cc1ccc(S(=O)(=O)N(CC(=O)N/N=C\c2ccccc2Br)c2cccc(Cl)c2C)cc1. The van der Waals surface area contributed by atoms with Crippen molar-refractivity contribution >= 4 is 55.4 Å². The summed E-state index contributed by atoms with van der Waals surface area (Å²) in [5.41, 5.74) is 4.96. The average molecular weight is 535 g/mol. The molecule has 166 valence electrons. The van der Waals surface area contributed by atoms with Gasteiger partial charge in [-0.05, 0) is 49.7 Å². The standard InChI is InChI=1S/C23H21BrClN3O3S/c1-16-10-12-19(13-11-16)32(30,31)28(22-9-5-8-21(25)17(22)2)15-23(29)27-26-14-18-6-3-4-7-20(18)24/h3-14H,15H2,1-2H3,(H,27,29)/b26-14-. The number of aryl methyl sites for hydroxylation is 1. The lowest BCUT2D eigenvalue weighted by Crippen LogP contribution is -2.40.